The van der Waals surface area contributed by atoms with E-state index in [2.05, 4.69) is 34.5 Å². The van der Waals surface area contributed by atoms with Gasteiger partial charge in [-0.25, -0.2) is 9.98 Å². The maximum absolute atomic E-state index is 12.6. The zero-order chi connectivity index (χ0) is 14.3. The lowest BCUT2D eigenvalue weighted by atomic mass is 10.2. The molecule has 0 aliphatic rings. The minimum atomic E-state index is -2.58. The van der Waals surface area contributed by atoms with Crippen LogP contribution >= 0.6 is 0 Å². The van der Waals surface area contributed by atoms with E-state index >= 15 is 0 Å². The van der Waals surface area contributed by atoms with Crippen LogP contribution in [0, 0.1) is 5.92 Å². The summed E-state index contributed by atoms with van der Waals surface area (Å²) in [5.41, 5.74) is 0. The first-order valence-corrected chi connectivity index (χ1v) is 6.36. The summed E-state index contributed by atoms with van der Waals surface area (Å²) in [4.78, 5) is 8.13. The largest absolute Gasteiger partial charge is 0.357 e. The van der Waals surface area contributed by atoms with Gasteiger partial charge in [-0.15, -0.1) is 0 Å². The van der Waals surface area contributed by atoms with Gasteiger partial charge in [0.25, 0.3) is 0 Å². The summed E-state index contributed by atoms with van der Waals surface area (Å²) in [6.07, 6.45) is 2.61. The van der Waals surface area contributed by atoms with Crippen LogP contribution in [0.4, 0.5) is 8.78 Å². The smallest absolute Gasteiger partial charge is 0.319 e. The van der Waals surface area contributed by atoms with Crippen molar-refractivity contribution in [2.24, 2.45) is 10.9 Å². The first-order valence-electron chi connectivity index (χ1n) is 6.36. The summed E-state index contributed by atoms with van der Waals surface area (Å²) in [7, 11) is 0. The van der Waals surface area contributed by atoms with Crippen molar-refractivity contribution in [2.75, 3.05) is 13.1 Å². The topological polar surface area (TPSA) is 54.2 Å². The molecular formula is C12H21F2N5. The molecule has 0 radical (unpaired) electrons. The van der Waals surface area contributed by atoms with Crippen LogP contribution in [0.25, 0.3) is 0 Å². The Labute approximate surface area is 112 Å². The Kier molecular flexibility index (Phi) is 6.24. The van der Waals surface area contributed by atoms with Gasteiger partial charge in [0, 0.05) is 25.5 Å². The van der Waals surface area contributed by atoms with Gasteiger partial charge >= 0.3 is 6.55 Å². The fourth-order valence-corrected chi connectivity index (χ4v) is 1.44. The number of hydrogen-bond donors (Lipinski definition) is 2. The Morgan fingerprint density at radius 3 is 2.74 bits per heavy atom. The molecule has 0 aliphatic heterocycles. The van der Waals surface area contributed by atoms with Gasteiger partial charge in [-0.2, -0.15) is 8.78 Å². The molecule has 1 aromatic rings. The Morgan fingerprint density at radius 2 is 2.16 bits per heavy atom. The highest BCUT2D eigenvalue weighted by Crippen LogP contribution is 2.12. The number of imidazole rings is 1. The molecule has 0 fully saturated rings. The molecule has 0 unspecified atom stereocenters. The van der Waals surface area contributed by atoms with Crippen molar-refractivity contribution in [3.05, 3.63) is 18.2 Å². The first kappa shape index (κ1) is 15.4. The summed E-state index contributed by atoms with van der Waals surface area (Å²) in [6.45, 7) is 5.14. The van der Waals surface area contributed by atoms with Gasteiger partial charge in [-0.1, -0.05) is 13.8 Å². The predicted molar refractivity (Wildman–Crippen MR) is 71.1 cm³/mol. The highest BCUT2D eigenvalue weighted by atomic mass is 19.3. The molecule has 0 aliphatic carbocycles. The van der Waals surface area contributed by atoms with Crippen LogP contribution in [0.2, 0.25) is 0 Å². The van der Waals surface area contributed by atoms with Gasteiger partial charge in [-0.05, 0) is 12.8 Å². The third-order valence-corrected chi connectivity index (χ3v) is 2.36. The van der Waals surface area contributed by atoms with E-state index in [1.54, 1.807) is 0 Å². The van der Waals surface area contributed by atoms with Crippen LogP contribution in [-0.4, -0.2) is 28.6 Å². The lowest BCUT2D eigenvalue weighted by Crippen LogP contribution is -2.39. The first-order chi connectivity index (χ1) is 9.04. The molecule has 1 heterocycles. The van der Waals surface area contributed by atoms with Gasteiger partial charge in [0.05, 0.1) is 0 Å². The summed E-state index contributed by atoms with van der Waals surface area (Å²) in [6, 6.07) is 0. The number of aromatic nitrogens is 2. The Bertz CT molecular complexity index is 401. The second-order valence-corrected chi connectivity index (χ2v) is 4.50. The minimum absolute atomic E-state index is 0.116. The van der Waals surface area contributed by atoms with E-state index in [0.717, 1.165) is 11.1 Å². The van der Waals surface area contributed by atoms with Crippen molar-refractivity contribution in [1.82, 2.24) is 20.2 Å². The van der Waals surface area contributed by atoms with Crippen molar-refractivity contribution >= 4 is 5.96 Å². The van der Waals surface area contributed by atoms with Crippen LogP contribution < -0.4 is 10.6 Å². The molecule has 0 atom stereocenters. The quantitative estimate of drug-likeness (QED) is 0.615. The SMILES string of the molecule is CCNC(=NCc1nccn1C(F)F)NCC(C)C. The monoisotopic (exact) mass is 273 g/mol. The summed E-state index contributed by atoms with van der Waals surface area (Å²) in [5.74, 6) is 1.34. The van der Waals surface area contributed by atoms with Crippen molar-refractivity contribution < 1.29 is 8.78 Å². The summed E-state index contributed by atoms with van der Waals surface area (Å²) >= 11 is 0. The van der Waals surface area contributed by atoms with E-state index in [0.29, 0.717) is 18.4 Å². The maximum Gasteiger partial charge on any atom is 0.319 e. The van der Waals surface area contributed by atoms with Crippen molar-refractivity contribution in [3.8, 4) is 0 Å². The zero-order valence-electron chi connectivity index (χ0n) is 11.5. The van der Waals surface area contributed by atoms with Crippen molar-refractivity contribution in [3.63, 3.8) is 0 Å². The second kappa shape index (κ2) is 7.70. The maximum atomic E-state index is 12.6. The highest BCUT2D eigenvalue weighted by molar-refractivity contribution is 5.79. The van der Waals surface area contributed by atoms with Crippen LogP contribution in [0.3, 0.4) is 0 Å². The number of aliphatic imine (C=N–C) groups is 1. The highest BCUT2D eigenvalue weighted by Gasteiger charge is 2.10. The van der Waals surface area contributed by atoms with Crippen LogP contribution in [0.5, 0.6) is 0 Å². The Morgan fingerprint density at radius 1 is 1.42 bits per heavy atom. The minimum Gasteiger partial charge on any atom is -0.357 e. The lowest BCUT2D eigenvalue weighted by molar-refractivity contribution is 0.0671. The summed E-state index contributed by atoms with van der Waals surface area (Å²) < 4.78 is 26.1. The second-order valence-electron chi connectivity index (χ2n) is 4.50. The van der Waals surface area contributed by atoms with E-state index in [9.17, 15) is 8.78 Å². The Hall–Kier alpha value is -1.66. The molecule has 0 amide bonds. The lowest BCUT2D eigenvalue weighted by Gasteiger charge is -2.13. The van der Waals surface area contributed by atoms with E-state index in [4.69, 9.17) is 0 Å². The third-order valence-electron chi connectivity index (χ3n) is 2.36. The standard InChI is InChI=1S/C12H21F2N5/c1-4-15-12(17-7-9(2)3)18-8-10-16-5-6-19(10)11(13)14/h5-6,9,11H,4,7-8H2,1-3H3,(H2,15,17,18). The fraction of sp³-hybridized carbons (Fsp3) is 0.667. The normalized spacial score (nSPS) is 12.3. The molecule has 1 rings (SSSR count). The molecule has 19 heavy (non-hydrogen) atoms. The molecular weight excluding hydrogens is 252 g/mol. The number of nitrogens with zero attached hydrogens (tertiary/aromatic N) is 3. The number of alkyl halides is 2. The van der Waals surface area contributed by atoms with E-state index in [-0.39, 0.29) is 12.4 Å². The van der Waals surface area contributed by atoms with Gasteiger partial charge in [0.2, 0.25) is 0 Å². The molecule has 0 spiro atoms. The van der Waals surface area contributed by atoms with Gasteiger partial charge in [0.1, 0.15) is 12.4 Å². The van der Waals surface area contributed by atoms with Gasteiger partial charge in [0.15, 0.2) is 5.96 Å². The predicted octanol–water partition coefficient (Wildman–Crippen LogP) is 1.99. The Balaban J connectivity index is 2.66. The average Bonchev–Trinajstić information content (AvgIpc) is 2.81. The van der Waals surface area contributed by atoms with Crippen LogP contribution in [0.1, 0.15) is 33.1 Å². The van der Waals surface area contributed by atoms with Gasteiger partial charge in [-0.3, -0.25) is 4.57 Å². The number of halogens is 2. The zero-order valence-corrected chi connectivity index (χ0v) is 11.5. The van der Waals surface area contributed by atoms with Crippen molar-refractivity contribution in [1.29, 1.82) is 0 Å². The van der Waals surface area contributed by atoms with E-state index in [1.165, 1.54) is 12.4 Å². The molecule has 108 valence electrons. The van der Waals surface area contributed by atoms with Crippen LogP contribution in [0.15, 0.2) is 17.4 Å². The molecule has 7 heteroatoms. The van der Waals surface area contributed by atoms with Gasteiger partial charge < -0.3 is 10.6 Å². The number of rotatable bonds is 6. The number of nitrogens with one attached hydrogen (secondary N) is 2. The van der Waals surface area contributed by atoms with E-state index in [1.807, 2.05) is 6.92 Å². The molecule has 0 bridgehead atoms. The molecule has 1 aromatic heterocycles. The summed E-state index contributed by atoms with van der Waals surface area (Å²) in [5, 5.41) is 6.21. The average molecular weight is 273 g/mol. The molecule has 5 nitrogen and oxygen atoms in total. The fourth-order valence-electron chi connectivity index (χ4n) is 1.44. The number of guanidine groups is 1. The van der Waals surface area contributed by atoms with Crippen molar-refractivity contribution in [2.45, 2.75) is 33.9 Å². The number of hydrogen-bond acceptors (Lipinski definition) is 2. The molecule has 0 saturated carbocycles. The molecule has 0 saturated heterocycles. The van der Waals surface area contributed by atoms with Crippen LogP contribution in [-0.2, 0) is 6.54 Å². The third kappa shape index (κ3) is 5.23. The molecule has 0 aromatic carbocycles. The molecule has 2 N–H and O–H groups in total. The van der Waals surface area contributed by atoms with E-state index < -0.39 is 6.55 Å².